The number of rotatable bonds is 7. The van der Waals surface area contributed by atoms with Crippen molar-refractivity contribution < 1.29 is 9.47 Å². The molecule has 144 valence electrons. The maximum atomic E-state index is 5.88. The van der Waals surface area contributed by atoms with Crippen LogP contribution in [0.2, 0.25) is 0 Å². The van der Waals surface area contributed by atoms with Crippen LogP contribution in [0, 0.1) is 13.8 Å². The summed E-state index contributed by atoms with van der Waals surface area (Å²) in [7, 11) is 3.40. The fraction of sp³-hybridized carbons (Fsp3) is 0.444. The minimum Gasteiger partial charge on any atom is -0.497 e. The molecule has 0 spiro atoms. The van der Waals surface area contributed by atoms with E-state index in [0.717, 1.165) is 28.2 Å². The quantitative estimate of drug-likeness (QED) is 0.353. The number of guanidine groups is 1. The Hall–Kier alpha value is -1.55. The summed E-state index contributed by atoms with van der Waals surface area (Å²) in [5.41, 5.74) is 1.09. The van der Waals surface area contributed by atoms with Crippen LogP contribution in [0.1, 0.15) is 22.5 Å². The van der Waals surface area contributed by atoms with E-state index >= 15 is 0 Å². The van der Waals surface area contributed by atoms with E-state index in [2.05, 4.69) is 27.5 Å². The molecule has 0 aliphatic heterocycles. The Balaban J connectivity index is 0.00000338. The Bertz CT molecular complexity index is 684. The molecule has 26 heavy (non-hydrogen) atoms. The van der Waals surface area contributed by atoms with Crippen molar-refractivity contribution in [1.82, 2.24) is 15.6 Å². The molecule has 2 aromatic rings. The van der Waals surface area contributed by atoms with Crippen molar-refractivity contribution >= 4 is 41.3 Å². The Morgan fingerprint density at radius 1 is 1.19 bits per heavy atom. The maximum absolute atomic E-state index is 5.88. The number of thiazole rings is 1. The number of benzene rings is 1. The van der Waals surface area contributed by atoms with Gasteiger partial charge in [0.05, 0.1) is 25.9 Å². The van der Waals surface area contributed by atoms with E-state index in [9.17, 15) is 0 Å². The number of aryl methyl sites for hydroxylation is 2. The topological polar surface area (TPSA) is 67.8 Å². The molecule has 0 aliphatic carbocycles. The lowest BCUT2D eigenvalue weighted by Crippen LogP contribution is -2.41. The van der Waals surface area contributed by atoms with Gasteiger partial charge >= 0.3 is 0 Å². The van der Waals surface area contributed by atoms with E-state index in [1.807, 2.05) is 38.1 Å². The van der Waals surface area contributed by atoms with E-state index in [-0.39, 0.29) is 30.1 Å². The maximum Gasteiger partial charge on any atom is 0.191 e. The van der Waals surface area contributed by atoms with Crippen molar-refractivity contribution in [3.63, 3.8) is 0 Å². The first-order valence-electron chi connectivity index (χ1n) is 8.20. The Morgan fingerprint density at radius 2 is 1.85 bits per heavy atom. The molecule has 0 fully saturated rings. The summed E-state index contributed by atoms with van der Waals surface area (Å²) >= 11 is 1.70. The Morgan fingerprint density at radius 3 is 2.38 bits per heavy atom. The highest BCUT2D eigenvalue weighted by Gasteiger charge is 2.08. The predicted molar refractivity (Wildman–Crippen MR) is 118 cm³/mol. The van der Waals surface area contributed by atoms with Crippen molar-refractivity contribution in [2.24, 2.45) is 4.99 Å². The molecular weight excluding hydrogens is 463 g/mol. The predicted octanol–water partition coefficient (Wildman–Crippen LogP) is 3.52. The van der Waals surface area contributed by atoms with Gasteiger partial charge in [0.15, 0.2) is 5.96 Å². The summed E-state index contributed by atoms with van der Waals surface area (Å²) < 4.78 is 11.0. The molecule has 2 rings (SSSR count). The second-order valence-electron chi connectivity index (χ2n) is 5.66. The standard InChI is InChI=1S/C18H26N4O2S.HI/c1-12(24-16-8-6-15(23-5)7-9-16)10-20-18(19-4)21-11-17-22-13(2)14(3)25-17;/h6-9,12H,10-11H2,1-5H3,(H2,19,20,21);1H. The smallest absolute Gasteiger partial charge is 0.191 e. The number of hydrogen-bond acceptors (Lipinski definition) is 5. The number of methoxy groups -OCH3 is 1. The number of nitrogens with zero attached hydrogens (tertiary/aromatic N) is 2. The van der Waals surface area contributed by atoms with Crippen LogP contribution in [0.15, 0.2) is 29.3 Å². The van der Waals surface area contributed by atoms with Crippen LogP contribution in [0.4, 0.5) is 0 Å². The fourth-order valence-corrected chi connectivity index (χ4v) is 3.04. The van der Waals surface area contributed by atoms with Gasteiger partial charge in [-0.15, -0.1) is 35.3 Å². The normalized spacial score (nSPS) is 12.1. The summed E-state index contributed by atoms with van der Waals surface area (Å²) in [5, 5.41) is 7.60. The summed E-state index contributed by atoms with van der Waals surface area (Å²) in [6.45, 7) is 7.43. The average Bonchev–Trinajstić information content (AvgIpc) is 2.93. The molecule has 1 aromatic heterocycles. The lowest BCUT2D eigenvalue weighted by atomic mass is 10.3. The number of aliphatic imine (C=N–C) groups is 1. The van der Waals surface area contributed by atoms with Gasteiger partial charge in [0.1, 0.15) is 22.6 Å². The van der Waals surface area contributed by atoms with Crippen LogP contribution in [-0.2, 0) is 6.54 Å². The molecule has 1 atom stereocenters. The van der Waals surface area contributed by atoms with E-state index in [0.29, 0.717) is 13.1 Å². The molecule has 1 aromatic carbocycles. The van der Waals surface area contributed by atoms with Gasteiger partial charge in [-0.2, -0.15) is 0 Å². The van der Waals surface area contributed by atoms with Gasteiger partial charge in [-0.25, -0.2) is 4.98 Å². The molecule has 0 bridgehead atoms. The van der Waals surface area contributed by atoms with E-state index in [4.69, 9.17) is 9.47 Å². The van der Waals surface area contributed by atoms with Crippen molar-refractivity contribution in [3.8, 4) is 11.5 Å². The Labute approximate surface area is 176 Å². The highest BCUT2D eigenvalue weighted by atomic mass is 127. The molecule has 8 heteroatoms. The first-order chi connectivity index (χ1) is 12.0. The SMILES string of the molecule is CN=C(NCc1nc(C)c(C)s1)NCC(C)Oc1ccc(OC)cc1.I. The van der Waals surface area contributed by atoms with Crippen LogP contribution in [0.25, 0.3) is 0 Å². The van der Waals surface area contributed by atoms with Crippen molar-refractivity contribution in [3.05, 3.63) is 39.8 Å². The highest BCUT2D eigenvalue weighted by Crippen LogP contribution is 2.18. The molecule has 0 radical (unpaired) electrons. The van der Waals surface area contributed by atoms with Crippen LogP contribution in [0.5, 0.6) is 11.5 Å². The minimum atomic E-state index is -0.00343. The number of aromatic nitrogens is 1. The van der Waals surface area contributed by atoms with Gasteiger partial charge in [0, 0.05) is 11.9 Å². The Kier molecular flexibility index (Phi) is 9.71. The molecule has 0 saturated heterocycles. The third-order valence-electron chi connectivity index (χ3n) is 3.66. The number of halogens is 1. The van der Waals surface area contributed by atoms with Crippen molar-refractivity contribution in [1.29, 1.82) is 0 Å². The first-order valence-corrected chi connectivity index (χ1v) is 9.01. The molecule has 2 N–H and O–H groups in total. The van der Waals surface area contributed by atoms with Gasteiger partial charge in [0.2, 0.25) is 0 Å². The van der Waals surface area contributed by atoms with E-state index in [1.165, 1.54) is 4.88 Å². The third-order valence-corrected chi connectivity index (χ3v) is 4.73. The van der Waals surface area contributed by atoms with E-state index < -0.39 is 0 Å². The average molecular weight is 490 g/mol. The number of nitrogens with one attached hydrogen (secondary N) is 2. The molecule has 1 heterocycles. The molecular formula is C18H27IN4O2S. The fourth-order valence-electron chi connectivity index (χ4n) is 2.16. The lowest BCUT2D eigenvalue weighted by Gasteiger charge is -2.17. The zero-order chi connectivity index (χ0) is 18.2. The second kappa shape index (κ2) is 11.2. The van der Waals surface area contributed by atoms with Gasteiger partial charge in [-0.3, -0.25) is 4.99 Å². The monoisotopic (exact) mass is 490 g/mol. The van der Waals surface area contributed by atoms with Crippen molar-refractivity contribution in [2.75, 3.05) is 20.7 Å². The van der Waals surface area contributed by atoms with Gasteiger partial charge in [-0.1, -0.05) is 0 Å². The first kappa shape index (κ1) is 22.5. The summed E-state index contributed by atoms with van der Waals surface area (Å²) in [6, 6.07) is 7.56. The van der Waals surface area contributed by atoms with Crippen LogP contribution < -0.4 is 20.1 Å². The number of ether oxygens (including phenoxy) is 2. The van der Waals surface area contributed by atoms with Crippen molar-refractivity contribution in [2.45, 2.75) is 33.4 Å². The van der Waals surface area contributed by atoms with Crippen LogP contribution >= 0.6 is 35.3 Å². The second-order valence-corrected chi connectivity index (χ2v) is 6.95. The van der Waals surface area contributed by atoms with Gasteiger partial charge in [0.25, 0.3) is 0 Å². The molecule has 0 amide bonds. The summed E-state index contributed by atoms with van der Waals surface area (Å²) in [6.07, 6.45) is -0.00343. The third kappa shape index (κ3) is 6.99. The summed E-state index contributed by atoms with van der Waals surface area (Å²) in [5.74, 6) is 2.36. The zero-order valence-corrected chi connectivity index (χ0v) is 19.0. The molecule has 1 unspecified atom stereocenters. The molecule has 0 saturated carbocycles. The minimum absolute atomic E-state index is 0. The molecule has 0 aliphatic rings. The van der Waals surface area contributed by atoms with E-state index in [1.54, 1.807) is 25.5 Å². The number of hydrogen-bond donors (Lipinski definition) is 2. The van der Waals surface area contributed by atoms with Crippen LogP contribution in [-0.4, -0.2) is 37.7 Å². The zero-order valence-electron chi connectivity index (χ0n) is 15.8. The summed E-state index contributed by atoms with van der Waals surface area (Å²) in [4.78, 5) is 10.0. The van der Waals surface area contributed by atoms with Gasteiger partial charge < -0.3 is 20.1 Å². The molecule has 6 nitrogen and oxygen atoms in total. The lowest BCUT2D eigenvalue weighted by molar-refractivity contribution is 0.223. The van der Waals surface area contributed by atoms with Gasteiger partial charge in [-0.05, 0) is 45.0 Å². The van der Waals surface area contributed by atoms with Crippen LogP contribution in [0.3, 0.4) is 0 Å². The highest BCUT2D eigenvalue weighted by molar-refractivity contribution is 14.0. The largest absolute Gasteiger partial charge is 0.497 e.